The molecular formula is C19H31BrN6. The third-order valence-corrected chi connectivity index (χ3v) is 4.67. The fourth-order valence-corrected chi connectivity index (χ4v) is 3.36. The quantitative estimate of drug-likeness (QED) is 0.506. The Labute approximate surface area is 165 Å². The molecule has 0 fully saturated rings. The Morgan fingerprint density at radius 2 is 1.92 bits per heavy atom. The molecule has 26 heavy (non-hydrogen) atoms. The molecule has 2 heterocycles. The SMILES string of the molecule is CCNC(=NCc1cn2cc(Br)ccc2n1)NCCN(C(C)C)C(C)C. The highest BCUT2D eigenvalue weighted by Gasteiger charge is 2.12. The van der Waals surface area contributed by atoms with Crippen LogP contribution in [0.4, 0.5) is 0 Å². The van der Waals surface area contributed by atoms with Crippen LogP contribution in [0.3, 0.4) is 0 Å². The second kappa shape index (κ2) is 9.92. The Hall–Kier alpha value is -1.60. The maximum absolute atomic E-state index is 4.68. The van der Waals surface area contributed by atoms with E-state index in [2.05, 4.69) is 76.1 Å². The molecule has 7 heteroatoms. The average molecular weight is 423 g/mol. The van der Waals surface area contributed by atoms with Crippen LogP contribution in [0.2, 0.25) is 0 Å². The molecule has 144 valence electrons. The zero-order valence-electron chi connectivity index (χ0n) is 16.5. The third-order valence-electron chi connectivity index (χ3n) is 4.20. The highest BCUT2D eigenvalue weighted by Crippen LogP contribution is 2.12. The van der Waals surface area contributed by atoms with Crippen LogP contribution in [0.5, 0.6) is 0 Å². The predicted molar refractivity (Wildman–Crippen MR) is 113 cm³/mol. The molecule has 0 aromatic carbocycles. The maximum atomic E-state index is 4.68. The van der Waals surface area contributed by atoms with Crippen LogP contribution in [-0.2, 0) is 6.54 Å². The van der Waals surface area contributed by atoms with E-state index in [1.54, 1.807) is 0 Å². The molecule has 0 radical (unpaired) electrons. The largest absolute Gasteiger partial charge is 0.357 e. The standard InChI is InChI=1S/C19H31BrN6/c1-6-21-19(22-9-10-26(14(2)3)15(4)5)23-11-17-13-25-12-16(20)7-8-18(25)24-17/h7-8,12-15H,6,9-11H2,1-5H3,(H2,21,22,23). The summed E-state index contributed by atoms with van der Waals surface area (Å²) in [5.74, 6) is 0.832. The Morgan fingerprint density at radius 1 is 1.19 bits per heavy atom. The van der Waals surface area contributed by atoms with Crippen molar-refractivity contribution in [1.82, 2.24) is 24.9 Å². The molecule has 2 N–H and O–H groups in total. The number of aliphatic imine (C=N–C) groups is 1. The zero-order chi connectivity index (χ0) is 19.1. The number of rotatable bonds is 8. The van der Waals surface area contributed by atoms with Crippen molar-refractivity contribution in [2.75, 3.05) is 19.6 Å². The van der Waals surface area contributed by atoms with Crippen LogP contribution in [0.1, 0.15) is 40.3 Å². The fraction of sp³-hybridized carbons (Fsp3) is 0.579. The lowest BCUT2D eigenvalue weighted by molar-refractivity contribution is 0.178. The van der Waals surface area contributed by atoms with E-state index in [4.69, 9.17) is 0 Å². The van der Waals surface area contributed by atoms with Crippen LogP contribution in [0, 0.1) is 0 Å². The first-order chi connectivity index (χ1) is 12.4. The van der Waals surface area contributed by atoms with Crippen molar-refractivity contribution in [2.24, 2.45) is 4.99 Å². The number of hydrogen-bond donors (Lipinski definition) is 2. The van der Waals surface area contributed by atoms with E-state index in [1.165, 1.54) is 0 Å². The molecule has 2 rings (SSSR count). The van der Waals surface area contributed by atoms with Crippen LogP contribution in [-0.4, -0.2) is 52.0 Å². The molecular weight excluding hydrogens is 392 g/mol. The van der Waals surface area contributed by atoms with E-state index in [0.717, 1.165) is 41.4 Å². The molecule has 0 amide bonds. The summed E-state index contributed by atoms with van der Waals surface area (Å²) in [5.41, 5.74) is 1.88. The number of halogens is 1. The Balaban J connectivity index is 1.96. The summed E-state index contributed by atoms with van der Waals surface area (Å²) in [6.07, 6.45) is 4.03. The van der Waals surface area contributed by atoms with Crippen molar-refractivity contribution < 1.29 is 0 Å². The van der Waals surface area contributed by atoms with Crippen LogP contribution < -0.4 is 10.6 Å². The Morgan fingerprint density at radius 3 is 2.58 bits per heavy atom. The minimum absolute atomic E-state index is 0.536. The van der Waals surface area contributed by atoms with E-state index in [0.29, 0.717) is 18.6 Å². The summed E-state index contributed by atoms with van der Waals surface area (Å²) in [6.45, 7) is 14.3. The molecule has 0 aliphatic heterocycles. The molecule has 0 aliphatic carbocycles. The van der Waals surface area contributed by atoms with Crippen molar-refractivity contribution in [1.29, 1.82) is 0 Å². The molecule has 6 nitrogen and oxygen atoms in total. The van der Waals surface area contributed by atoms with Crippen LogP contribution >= 0.6 is 15.9 Å². The summed E-state index contributed by atoms with van der Waals surface area (Å²) < 4.78 is 3.05. The number of pyridine rings is 1. The van der Waals surface area contributed by atoms with Crippen LogP contribution in [0.25, 0.3) is 5.65 Å². The number of guanidine groups is 1. The molecule has 0 aliphatic rings. The van der Waals surface area contributed by atoms with E-state index in [1.807, 2.05) is 28.9 Å². The highest BCUT2D eigenvalue weighted by atomic mass is 79.9. The molecule has 0 atom stereocenters. The first-order valence-corrected chi connectivity index (χ1v) is 10.1. The van der Waals surface area contributed by atoms with Crippen molar-refractivity contribution in [2.45, 2.75) is 53.2 Å². The van der Waals surface area contributed by atoms with Gasteiger partial charge in [0, 0.05) is 48.6 Å². The predicted octanol–water partition coefficient (Wildman–Crippen LogP) is 3.27. The third kappa shape index (κ3) is 5.99. The topological polar surface area (TPSA) is 57.0 Å². The van der Waals surface area contributed by atoms with Crippen molar-refractivity contribution >= 4 is 27.5 Å². The van der Waals surface area contributed by atoms with Crippen LogP contribution in [0.15, 0.2) is 34.0 Å². The minimum atomic E-state index is 0.536. The van der Waals surface area contributed by atoms with Gasteiger partial charge in [-0.1, -0.05) is 0 Å². The van der Waals surface area contributed by atoms with Gasteiger partial charge in [0.2, 0.25) is 0 Å². The van der Waals surface area contributed by atoms with Gasteiger partial charge in [0.05, 0.1) is 12.2 Å². The van der Waals surface area contributed by atoms with Gasteiger partial charge in [-0.2, -0.15) is 0 Å². The first kappa shape index (κ1) is 20.7. The molecule has 0 spiro atoms. The maximum Gasteiger partial charge on any atom is 0.191 e. The lowest BCUT2D eigenvalue weighted by atomic mass is 10.2. The second-order valence-electron chi connectivity index (χ2n) is 6.89. The molecule has 0 saturated heterocycles. The lowest BCUT2D eigenvalue weighted by Crippen LogP contribution is -2.45. The van der Waals surface area contributed by atoms with E-state index < -0.39 is 0 Å². The fourth-order valence-electron chi connectivity index (χ4n) is 3.01. The molecule has 0 saturated carbocycles. The van der Waals surface area contributed by atoms with Crippen molar-refractivity contribution in [3.05, 3.63) is 34.7 Å². The van der Waals surface area contributed by atoms with E-state index in [-0.39, 0.29) is 0 Å². The summed E-state index contributed by atoms with van der Waals surface area (Å²) in [7, 11) is 0. The number of aromatic nitrogens is 2. The number of nitrogens with zero attached hydrogens (tertiary/aromatic N) is 4. The van der Waals surface area contributed by atoms with Gasteiger partial charge in [0.1, 0.15) is 5.65 Å². The summed E-state index contributed by atoms with van der Waals surface area (Å²) in [4.78, 5) is 11.8. The monoisotopic (exact) mass is 422 g/mol. The molecule has 0 bridgehead atoms. The normalized spacial score (nSPS) is 12.6. The smallest absolute Gasteiger partial charge is 0.191 e. The van der Waals surface area contributed by atoms with Gasteiger partial charge >= 0.3 is 0 Å². The van der Waals surface area contributed by atoms with Gasteiger partial charge < -0.3 is 15.0 Å². The summed E-state index contributed by atoms with van der Waals surface area (Å²) >= 11 is 3.48. The van der Waals surface area contributed by atoms with Crippen molar-refractivity contribution in [3.8, 4) is 0 Å². The number of imidazole rings is 1. The molecule has 2 aromatic heterocycles. The van der Waals surface area contributed by atoms with E-state index >= 15 is 0 Å². The second-order valence-corrected chi connectivity index (χ2v) is 7.81. The Bertz CT molecular complexity index is 714. The zero-order valence-corrected chi connectivity index (χ0v) is 18.0. The number of nitrogens with one attached hydrogen (secondary N) is 2. The van der Waals surface area contributed by atoms with Gasteiger partial charge in [0.15, 0.2) is 5.96 Å². The lowest BCUT2D eigenvalue weighted by Gasteiger charge is -2.30. The average Bonchev–Trinajstić information content (AvgIpc) is 2.97. The summed E-state index contributed by atoms with van der Waals surface area (Å²) in [6, 6.07) is 5.06. The summed E-state index contributed by atoms with van der Waals surface area (Å²) in [5, 5.41) is 6.74. The van der Waals surface area contributed by atoms with Gasteiger partial charge in [-0.05, 0) is 62.7 Å². The Kier molecular flexibility index (Phi) is 7.90. The molecule has 2 aromatic rings. The van der Waals surface area contributed by atoms with E-state index in [9.17, 15) is 0 Å². The minimum Gasteiger partial charge on any atom is -0.357 e. The highest BCUT2D eigenvalue weighted by molar-refractivity contribution is 9.10. The van der Waals surface area contributed by atoms with Gasteiger partial charge in [-0.25, -0.2) is 9.98 Å². The number of fused-ring (bicyclic) bond motifs is 1. The van der Waals surface area contributed by atoms with Gasteiger partial charge in [-0.3, -0.25) is 4.90 Å². The number of hydrogen-bond acceptors (Lipinski definition) is 3. The molecule has 0 unspecified atom stereocenters. The van der Waals surface area contributed by atoms with Gasteiger partial charge in [-0.15, -0.1) is 0 Å². The van der Waals surface area contributed by atoms with Crippen molar-refractivity contribution in [3.63, 3.8) is 0 Å². The first-order valence-electron chi connectivity index (χ1n) is 9.31. The van der Waals surface area contributed by atoms with Gasteiger partial charge in [0.25, 0.3) is 0 Å².